The molecule has 0 amide bonds. The fourth-order valence-electron chi connectivity index (χ4n) is 1.59. The first-order valence-corrected chi connectivity index (χ1v) is 3.86. The van der Waals surface area contributed by atoms with Crippen LogP contribution in [0, 0.1) is 0 Å². The van der Waals surface area contributed by atoms with Crippen LogP contribution in [0.2, 0.25) is 0 Å². The van der Waals surface area contributed by atoms with Gasteiger partial charge in [0.05, 0.1) is 0 Å². The van der Waals surface area contributed by atoms with Crippen molar-refractivity contribution >= 4 is 24.8 Å². The molecule has 1 saturated heterocycles. The number of nitrogens with zero attached hydrogens (tertiary/aromatic N) is 1. The molecule has 4 heteroatoms. The summed E-state index contributed by atoms with van der Waals surface area (Å²) in [6.45, 7) is 2.41. The molecule has 0 aromatic rings. The maximum atomic E-state index is 5.75. The van der Waals surface area contributed by atoms with Crippen LogP contribution in [-0.4, -0.2) is 30.1 Å². The quantitative estimate of drug-likeness (QED) is 0.683. The minimum atomic E-state index is 0. The Labute approximate surface area is 80.3 Å². The first-order chi connectivity index (χ1) is 4.36. The lowest BCUT2D eigenvalue weighted by Gasteiger charge is -2.12. The smallest absolute Gasteiger partial charge is 0.0180 e. The van der Waals surface area contributed by atoms with Gasteiger partial charge < -0.3 is 5.73 Å². The second kappa shape index (κ2) is 4.51. The molecule has 1 heterocycles. The molecule has 0 aromatic heterocycles. The molecule has 2 fully saturated rings. The van der Waals surface area contributed by atoms with Gasteiger partial charge in [-0.25, -0.2) is 0 Å². The fraction of sp³-hybridized carbons (Fsp3) is 1.00. The van der Waals surface area contributed by atoms with Gasteiger partial charge in [-0.05, 0) is 19.3 Å². The average Bonchev–Trinajstić information content (AvgIpc) is 2.58. The normalized spacial score (nSPS) is 30.8. The van der Waals surface area contributed by atoms with Crippen molar-refractivity contribution in [3.63, 3.8) is 0 Å². The van der Waals surface area contributed by atoms with Crippen molar-refractivity contribution in [3.05, 3.63) is 0 Å². The third kappa shape index (κ3) is 2.79. The highest BCUT2D eigenvalue weighted by Crippen LogP contribution is 2.29. The molecule has 0 spiro atoms. The largest absolute Gasteiger partial charge is 0.326 e. The number of nitrogens with two attached hydrogens (primary N) is 1. The van der Waals surface area contributed by atoms with Crippen LogP contribution in [0.1, 0.15) is 19.3 Å². The lowest BCUT2D eigenvalue weighted by Crippen LogP contribution is -2.27. The van der Waals surface area contributed by atoms with Gasteiger partial charge in [0.15, 0.2) is 0 Å². The number of rotatable bonds is 1. The van der Waals surface area contributed by atoms with Gasteiger partial charge in [0, 0.05) is 25.2 Å². The van der Waals surface area contributed by atoms with Gasteiger partial charge in [-0.2, -0.15) is 0 Å². The van der Waals surface area contributed by atoms with E-state index in [0.717, 1.165) is 12.6 Å². The molecular formula is C7H16Cl2N2. The predicted octanol–water partition coefficient (Wildman–Crippen LogP) is 1.03. The van der Waals surface area contributed by atoms with E-state index in [2.05, 4.69) is 4.90 Å². The molecule has 11 heavy (non-hydrogen) atoms. The Kier molecular flexibility index (Phi) is 4.71. The van der Waals surface area contributed by atoms with Crippen molar-refractivity contribution in [2.75, 3.05) is 13.1 Å². The van der Waals surface area contributed by atoms with Crippen molar-refractivity contribution in [2.45, 2.75) is 31.3 Å². The summed E-state index contributed by atoms with van der Waals surface area (Å²) < 4.78 is 0. The first-order valence-electron chi connectivity index (χ1n) is 3.86. The molecule has 0 aromatic carbocycles. The Morgan fingerprint density at radius 2 is 1.73 bits per heavy atom. The van der Waals surface area contributed by atoms with Gasteiger partial charge in [-0.3, -0.25) is 4.90 Å². The van der Waals surface area contributed by atoms with Crippen molar-refractivity contribution in [3.8, 4) is 0 Å². The summed E-state index contributed by atoms with van der Waals surface area (Å²) in [6, 6.07) is 1.41. The summed E-state index contributed by atoms with van der Waals surface area (Å²) in [4.78, 5) is 2.53. The summed E-state index contributed by atoms with van der Waals surface area (Å²) in [7, 11) is 0. The Bertz CT molecular complexity index is 117. The van der Waals surface area contributed by atoms with E-state index in [9.17, 15) is 0 Å². The first kappa shape index (κ1) is 11.5. The average molecular weight is 199 g/mol. The van der Waals surface area contributed by atoms with Crippen LogP contribution in [0.15, 0.2) is 0 Å². The lowest BCUT2D eigenvalue weighted by atomic mass is 10.3. The molecule has 2 N–H and O–H groups in total. The van der Waals surface area contributed by atoms with Crippen LogP contribution in [0.3, 0.4) is 0 Å². The highest BCUT2D eigenvalue weighted by Gasteiger charge is 2.32. The van der Waals surface area contributed by atoms with Crippen molar-refractivity contribution < 1.29 is 0 Å². The highest BCUT2D eigenvalue weighted by molar-refractivity contribution is 5.85. The Balaban J connectivity index is 0.000000500. The minimum Gasteiger partial charge on any atom is -0.326 e. The van der Waals surface area contributed by atoms with Crippen molar-refractivity contribution in [2.24, 2.45) is 5.73 Å². The molecule has 1 atom stereocenters. The summed E-state index contributed by atoms with van der Waals surface area (Å²) in [5, 5.41) is 0. The third-order valence-electron chi connectivity index (χ3n) is 2.32. The highest BCUT2D eigenvalue weighted by atomic mass is 35.5. The zero-order valence-corrected chi connectivity index (χ0v) is 8.16. The van der Waals surface area contributed by atoms with Gasteiger partial charge in [0.1, 0.15) is 0 Å². The van der Waals surface area contributed by atoms with E-state index in [0.29, 0.717) is 6.04 Å². The van der Waals surface area contributed by atoms with E-state index in [1.165, 1.54) is 25.8 Å². The number of hydrogen-bond acceptors (Lipinski definition) is 2. The summed E-state index contributed by atoms with van der Waals surface area (Å²) >= 11 is 0. The molecule has 2 nitrogen and oxygen atoms in total. The molecule has 1 saturated carbocycles. The molecular weight excluding hydrogens is 183 g/mol. The van der Waals surface area contributed by atoms with Crippen LogP contribution in [0.5, 0.6) is 0 Å². The summed E-state index contributed by atoms with van der Waals surface area (Å²) in [5.41, 5.74) is 5.75. The number of likely N-dealkylation sites (tertiary alicyclic amines) is 1. The van der Waals surface area contributed by atoms with E-state index in [-0.39, 0.29) is 24.8 Å². The molecule has 1 aliphatic heterocycles. The number of hydrogen-bond donors (Lipinski definition) is 1. The van der Waals surface area contributed by atoms with Gasteiger partial charge in [-0.1, -0.05) is 0 Å². The van der Waals surface area contributed by atoms with E-state index < -0.39 is 0 Å². The standard InChI is InChI=1S/C7H14N2.2ClH/c8-6-3-4-9(5-6)7-1-2-7;;/h6-7H,1-5,8H2;2*1H. The summed E-state index contributed by atoms with van der Waals surface area (Å²) in [6.07, 6.45) is 4.07. The summed E-state index contributed by atoms with van der Waals surface area (Å²) in [5.74, 6) is 0. The van der Waals surface area contributed by atoms with E-state index in [4.69, 9.17) is 5.73 Å². The van der Waals surface area contributed by atoms with E-state index in [1.807, 2.05) is 0 Å². The molecule has 0 bridgehead atoms. The van der Waals surface area contributed by atoms with Crippen LogP contribution in [0.4, 0.5) is 0 Å². The second-order valence-electron chi connectivity index (χ2n) is 3.27. The molecule has 1 aliphatic carbocycles. The predicted molar refractivity (Wildman–Crippen MR) is 51.7 cm³/mol. The lowest BCUT2D eigenvalue weighted by molar-refractivity contribution is 0.324. The van der Waals surface area contributed by atoms with Crippen molar-refractivity contribution in [1.82, 2.24) is 4.90 Å². The monoisotopic (exact) mass is 198 g/mol. The Morgan fingerprint density at radius 3 is 2.09 bits per heavy atom. The zero-order chi connectivity index (χ0) is 6.27. The molecule has 1 unspecified atom stereocenters. The maximum absolute atomic E-state index is 5.75. The van der Waals surface area contributed by atoms with E-state index >= 15 is 0 Å². The van der Waals surface area contributed by atoms with Crippen LogP contribution in [-0.2, 0) is 0 Å². The second-order valence-corrected chi connectivity index (χ2v) is 3.27. The van der Waals surface area contributed by atoms with Crippen LogP contribution < -0.4 is 5.73 Å². The molecule has 0 radical (unpaired) electrons. The Morgan fingerprint density at radius 1 is 1.09 bits per heavy atom. The zero-order valence-electron chi connectivity index (χ0n) is 6.53. The van der Waals surface area contributed by atoms with Gasteiger partial charge >= 0.3 is 0 Å². The van der Waals surface area contributed by atoms with Crippen LogP contribution >= 0.6 is 24.8 Å². The van der Waals surface area contributed by atoms with Gasteiger partial charge in [-0.15, -0.1) is 24.8 Å². The minimum absolute atomic E-state index is 0. The van der Waals surface area contributed by atoms with E-state index in [1.54, 1.807) is 0 Å². The van der Waals surface area contributed by atoms with Gasteiger partial charge in [0.2, 0.25) is 0 Å². The third-order valence-corrected chi connectivity index (χ3v) is 2.32. The SMILES string of the molecule is Cl.Cl.NC1CCN(C2CC2)C1. The fourth-order valence-corrected chi connectivity index (χ4v) is 1.59. The number of halogens is 2. The van der Waals surface area contributed by atoms with Crippen molar-refractivity contribution in [1.29, 1.82) is 0 Å². The molecule has 2 aliphatic rings. The van der Waals surface area contributed by atoms with Gasteiger partial charge in [0.25, 0.3) is 0 Å². The topological polar surface area (TPSA) is 29.3 Å². The maximum Gasteiger partial charge on any atom is 0.0180 e. The molecule has 68 valence electrons. The molecule has 2 rings (SSSR count). The van der Waals surface area contributed by atoms with Crippen LogP contribution in [0.25, 0.3) is 0 Å². The Hall–Kier alpha value is 0.500.